The second-order valence-electron chi connectivity index (χ2n) is 2.72. The molecule has 0 spiro atoms. The molecule has 0 atom stereocenters. The predicted octanol–water partition coefficient (Wildman–Crippen LogP) is 2.39. The number of hydrogen-bond acceptors (Lipinski definition) is 2. The van der Waals surface area contributed by atoms with E-state index in [0.29, 0.717) is 5.65 Å². The molecule has 2 rings (SSSR count). The molecule has 2 N–H and O–H groups in total. The zero-order valence-corrected chi connectivity index (χ0v) is 8.58. The molecule has 0 amide bonds. The maximum Gasteiger partial charge on any atom is 0.151 e. The first kappa shape index (κ1) is 10.5. The molecule has 0 aromatic carbocycles. The van der Waals surface area contributed by atoms with E-state index in [9.17, 15) is 4.39 Å². The quantitative estimate of drug-likeness (QED) is 0.701. The fourth-order valence-corrected chi connectivity index (χ4v) is 1.15. The van der Waals surface area contributed by atoms with Gasteiger partial charge in [-0.15, -0.1) is 0 Å². The van der Waals surface area contributed by atoms with E-state index in [1.807, 2.05) is 20.8 Å². The number of rotatable bonds is 0. The van der Waals surface area contributed by atoms with E-state index in [1.165, 1.54) is 12.3 Å². The van der Waals surface area contributed by atoms with Crippen molar-refractivity contribution < 1.29 is 4.39 Å². The number of anilines is 1. The van der Waals surface area contributed by atoms with Gasteiger partial charge in [-0.1, -0.05) is 13.8 Å². The first-order valence-corrected chi connectivity index (χ1v) is 4.57. The summed E-state index contributed by atoms with van der Waals surface area (Å²) in [4.78, 5) is 4.08. The number of aryl methyl sites for hydroxylation is 1. The van der Waals surface area contributed by atoms with Gasteiger partial charge in [0.1, 0.15) is 5.65 Å². The lowest BCUT2D eigenvalue weighted by Gasteiger charge is -1.96. The van der Waals surface area contributed by atoms with Gasteiger partial charge in [0.25, 0.3) is 0 Å². The van der Waals surface area contributed by atoms with Crippen LogP contribution in [0.4, 0.5) is 10.1 Å². The predicted molar refractivity (Wildman–Crippen MR) is 55.6 cm³/mol. The number of imidazole rings is 1. The minimum absolute atomic E-state index is 0.139. The topological polar surface area (TPSA) is 43.3 Å². The van der Waals surface area contributed by atoms with Gasteiger partial charge in [0.2, 0.25) is 0 Å². The van der Waals surface area contributed by atoms with Crippen molar-refractivity contribution in [2.75, 3.05) is 5.73 Å². The highest BCUT2D eigenvalue weighted by Gasteiger charge is 2.02. The lowest BCUT2D eigenvalue weighted by molar-refractivity contribution is 0.631. The van der Waals surface area contributed by atoms with Crippen molar-refractivity contribution in [2.24, 2.45) is 0 Å². The van der Waals surface area contributed by atoms with Gasteiger partial charge < -0.3 is 10.1 Å². The van der Waals surface area contributed by atoms with Crippen LogP contribution in [0.5, 0.6) is 0 Å². The van der Waals surface area contributed by atoms with Gasteiger partial charge in [-0.05, 0) is 6.92 Å². The largest absolute Gasteiger partial charge is 0.395 e. The van der Waals surface area contributed by atoms with Gasteiger partial charge in [0, 0.05) is 18.5 Å². The lowest BCUT2D eigenvalue weighted by atomic mass is 10.4. The normalized spacial score (nSPS) is 9.71. The molecule has 2 heterocycles. The van der Waals surface area contributed by atoms with Crippen LogP contribution in [0.2, 0.25) is 0 Å². The summed E-state index contributed by atoms with van der Waals surface area (Å²) in [5.74, 6) is -0.423. The summed E-state index contributed by atoms with van der Waals surface area (Å²) in [6.07, 6.45) is 3.32. The van der Waals surface area contributed by atoms with Crippen LogP contribution in [-0.2, 0) is 0 Å². The van der Waals surface area contributed by atoms with Crippen LogP contribution in [0.1, 0.15) is 19.5 Å². The molecule has 2 aromatic rings. The van der Waals surface area contributed by atoms with E-state index < -0.39 is 5.82 Å². The second-order valence-corrected chi connectivity index (χ2v) is 2.72. The molecule has 0 aliphatic rings. The van der Waals surface area contributed by atoms with E-state index in [-0.39, 0.29) is 5.69 Å². The van der Waals surface area contributed by atoms with Gasteiger partial charge in [-0.3, -0.25) is 0 Å². The number of nitrogens with zero attached hydrogens (tertiary/aromatic N) is 2. The number of pyridine rings is 1. The average Bonchev–Trinajstić information content (AvgIpc) is 2.49. The van der Waals surface area contributed by atoms with E-state index in [0.717, 1.165) is 5.69 Å². The van der Waals surface area contributed by atoms with Crippen LogP contribution in [0, 0.1) is 12.7 Å². The summed E-state index contributed by atoms with van der Waals surface area (Å²) >= 11 is 0. The Labute approximate surface area is 82.4 Å². The van der Waals surface area contributed by atoms with Crippen LogP contribution in [-0.4, -0.2) is 9.38 Å². The second kappa shape index (κ2) is 4.09. The molecular weight excluding hydrogens is 181 g/mol. The Hall–Kier alpha value is -1.58. The summed E-state index contributed by atoms with van der Waals surface area (Å²) in [6, 6.07) is 1.32. The molecule has 3 nitrogen and oxygen atoms in total. The van der Waals surface area contributed by atoms with Gasteiger partial charge in [0.05, 0.1) is 11.4 Å². The summed E-state index contributed by atoms with van der Waals surface area (Å²) in [7, 11) is 0. The summed E-state index contributed by atoms with van der Waals surface area (Å²) in [5.41, 5.74) is 6.94. The van der Waals surface area contributed by atoms with E-state index in [2.05, 4.69) is 4.98 Å². The molecular formula is C10H14FN3. The Morgan fingerprint density at radius 1 is 1.36 bits per heavy atom. The Morgan fingerprint density at radius 3 is 2.64 bits per heavy atom. The third-order valence-electron chi connectivity index (χ3n) is 1.69. The van der Waals surface area contributed by atoms with Crippen molar-refractivity contribution >= 4 is 11.3 Å². The van der Waals surface area contributed by atoms with Crippen molar-refractivity contribution in [3.63, 3.8) is 0 Å². The molecule has 76 valence electrons. The number of nitrogen functional groups attached to an aromatic ring is 1. The fourth-order valence-electron chi connectivity index (χ4n) is 1.15. The lowest BCUT2D eigenvalue weighted by Crippen LogP contribution is -1.94. The Bertz CT molecular complexity index is 395. The van der Waals surface area contributed by atoms with Crippen molar-refractivity contribution in [3.8, 4) is 0 Å². The highest BCUT2D eigenvalue weighted by Crippen LogP contribution is 2.12. The molecule has 0 saturated carbocycles. The monoisotopic (exact) mass is 195 g/mol. The van der Waals surface area contributed by atoms with Gasteiger partial charge in [-0.2, -0.15) is 0 Å². The van der Waals surface area contributed by atoms with Crippen molar-refractivity contribution in [2.45, 2.75) is 20.8 Å². The highest BCUT2D eigenvalue weighted by molar-refractivity contribution is 5.49. The summed E-state index contributed by atoms with van der Waals surface area (Å²) in [5, 5.41) is 0. The highest BCUT2D eigenvalue weighted by atomic mass is 19.1. The Balaban J connectivity index is 0.000000461. The van der Waals surface area contributed by atoms with E-state index >= 15 is 0 Å². The maximum atomic E-state index is 12.9. The van der Waals surface area contributed by atoms with Crippen molar-refractivity contribution in [1.82, 2.24) is 9.38 Å². The van der Waals surface area contributed by atoms with E-state index in [4.69, 9.17) is 5.73 Å². The number of nitrogens with two attached hydrogens (primary N) is 1. The Kier molecular flexibility index (Phi) is 3.06. The van der Waals surface area contributed by atoms with Crippen LogP contribution < -0.4 is 5.73 Å². The average molecular weight is 195 g/mol. The Morgan fingerprint density at radius 2 is 2.00 bits per heavy atom. The molecule has 2 aromatic heterocycles. The van der Waals surface area contributed by atoms with Crippen LogP contribution in [0.25, 0.3) is 5.65 Å². The minimum Gasteiger partial charge on any atom is -0.395 e. The first-order chi connectivity index (χ1) is 6.66. The van der Waals surface area contributed by atoms with Gasteiger partial charge >= 0.3 is 0 Å². The molecule has 0 aliphatic heterocycles. The zero-order valence-electron chi connectivity index (χ0n) is 8.58. The number of fused-ring (bicyclic) bond motifs is 1. The van der Waals surface area contributed by atoms with Gasteiger partial charge in [-0.25, -0.2) is 9.37 Å². The van der Waals surface area contributed by atoms with Crippen LogP contribution >= 0.6 is 0 Å². The first-order valence-electron chi connectivity index (χ1n) is 4.57. The standard InChI is InChI=1S/C8H8FN3.C2H6/c1-5-3-12-4-7(10)6(9)2-8(12)11-5;1-2/h2-4H,10H2,1H3;1-2H3. The summed E-state index contributed by atoms with van der Waals surface area (Å²) in [6.45, 7) is 5.85. The van der Waals surface area contributed by atoms with Crippen molar-refractivity contribution in [1.29, 1.82) is 0 Å². The third kappa shape index (κ3) is 1.84. The maximum absolute atomic E-state index is 12.9. The molecule has 14 heavy (non-hydrogen) atoms. The number of hydrogen-bond donors (Lipinski definition) is 1. The molecule has 0 fully saturated rings. The fraction of sp³-hybridized carbons (Fsp3) is 0.300. The third-order valence-corrected chi connectivity index (χ3v) is 1.69. The van der Waals surface area contributed by atoms with Gasteiger partial charge in [0.15, 0.2) is 5.82 Å². The molecule has 0 radical (unpaired) electrons. The molecule has 0 unspecified atom stereocenters. The SMILES string of the molecule is CC.Cc1cn2cc(N)c(F)cc2n1. The molecule has 0 bridgehead atoms. The van der Waals surface area contributed by atoms with Crippen molar-refractivity contribution in [3.05, 3.63) is 30.0 Å². The van der Waals surface area contributed by atoms with Crippen LogP contribution in [0.3, 0.4) is 0 Å². The van der Waals surface area contributed by atoms with Crippen LogP contribution in [0.15, 0.2) is 18.5 Å². The molecule has 0 aliphatic carbocycles. The number of halogens is 1. The number of aromatic nitrogens is 2. The minimum atomic E-state index is -0.423. The molecule has 4 heteroatoms. The molecule has 0 saturated heterocycles. The summed E-state index contributed by atoms with van der Waals surface area (Å²) < 4.78 is 14.6. The smallest absolute Gasteiger partial charge is 0.151 e. The van der Waals surface area contributed by atoms with E-state index in [1.54, 1.807) is 10.6 Å². The zero-order chi connectivity index (χ0) is 10.7.